The maximum Gasteiger partial charge on any atom is 0.269 e. The summed E-state index contributed by atoms with van der Waals surface area (Å²) in [6, 6.07) is -0.188. The van der Waals surface area contributed by atoms with Crippen LogP contribution in [-0.4, -0.2) is 15.1 Å². The number of aromatic nitrogens is 3. The first-order valence-corrected chi connectivity index (χ1v) is 5.91. The van der Waals surface area contributed by atoms with E-state index < -0.39 is 0 Å². The van der Waals surface area contributed by atoms with Gasteiger partial charge in [-0.15, -0.1) is 11.3 Å². The fourth-order valence-corrected chi connectivity index (χ4v) is 1.93. The van der Waals surface area contributed by atoms with Crippen molar-refractivity contribution >= 4 is 11.3 Å². The van der Waals surface area contributed by atoms with E-state index in [0.717, 1.165) is 9.88 Å². The smallest absolute Gasteiger partial charge is 0.269 e. The van der Waals surface area contributed by atoms with Gasteiger partial charge in [-0.25, -0.2) is 4.98 Å². The van der Waals surface area contributed by atoms with Crippen LogP contribution in [0.25, 0.3) is 10.8 Å². The molecule has 5 nitrogen and oxygen atoms in total. The van der Waals surface area contributed by atoms with Crippen molar-refractivity contribution in [2.45, 2.75) is 26.8 Å². The van der Waals surface area contributed by atoms with E-state index in [4.69, 9.17) is 10.3 Å². The summed E-state index contributed by atoms with van der Waals surface area (Å²) in [6.45, 7) is 5.99. The standard InChI is InChI=1S/C10H14N4OS/c1-5(2)8(11)9-13-10(15-14-9)7-4-12-6(3)16-7/h4-5,8H,11H2,1-3H3. The number of aryl methyl sites for hydroxylation is 1. The molecule has 0 saturated heterocycles. The van der Waals surface area contributed by atoms with E-state index in [1.807, 2.05) is 20.8 Å². The van der Waals surface area contributed by atoms with Gasteiger partial charge in [-0.3, -0.25) is 0 Å². The number of hydrogen-bond acceptors (Lipinski definition) is 6. The van der Waals surface area contributed by atoms with Crippen LogP contribution in [0.4, 0.5) is 0 Å². The number of nitrogens with two attached hydrogens (primary N) is 1. The molecule has 0 aliphatic rings. The Morgan fingerprint density at radius 3 is 2.75 bits per heavy atom. The monoisotopic (exact) mass is 238 g/mol. The lowest BCUT2D eigenvalue weighted by molar-refractivity contribution is 0.400. The molecule has 0 amide bonds. The maximum absolute atomic E-state index is 5.94. The van der Waals surface area contributed by atoms with Crippen LogP contribution in [0.15, 0.2) is 10.7 Å². The van der Waals surface area contributed by atoms with Crippen LogP contribution in [0.5, 0.6) is 0 Å². The highest BCUT2D eigenvalue weighted by Gasteiger charge is 2.18. The third kappa shape index (κ3) is 2.12. The summed E-state index contributed by atoms with van der Waals surface area (Å²) in [5, 5.41) is 4.87. The van der Waals surface area contributed by atoms with Crippen LogP contribution in [0, 0.1) is 12.8 Å². The molecule has 86 valence electrons. The van der Waals surface area contributed by atoms with E-state index in [1.54, 1.807) is 6.20 Å². The zero-order valence-electron chi connectivity index (χ0n) is 9.47. The van der Waals surface area contributed by atoms with Crippen molar-refractivity contribution in [3.8, 4) is 10.8 Å². The maximum atomic E-state index is 5.94. The van der Waals surface area contributed by atoms with Crippen molar-refractivity contribution in [2.75, 3.05) is 0 Å². The first-order chi connectivity index (χ1) is 7.58. The molecule has 0 spiro atoms. The number of hydrogen-bond donors (Lipinski definition) is 1. The molecule has 2 N–H and O–H groups in total. The van der Waals surface area contributed by atoms with Crippen LogP contribution in [-0.2, 0) is 0 Å². The lowest BCUT2D eigenvalue weighted by Crippen LogP contribution is -2.18. The lowest BCUT2D eigenvalue weighted by atomic mass is 10.1. The molecule has 2 heterocycles. The summed E-state index contributed by atoms with van der Waals surface area (Å²) in [6.07, 6.45) is 1.73. The normalized spacial score (nSPS) is 13.3. The molecule has 0 saturated carbocycles. The molecule has 0 aliphatic heterocycles. The molecule has 2 rings (SSSR count). The summed E-state index contributed by atoms with van der Waals surface area (Å²) in [5.41, 5.74) is 5.94. The average molecular weight is 238 g/mol. The van der Waals surface area contributed by atoms with Crippen LogP contribution in [0.3, 0.4) is 0 Å². The topological polar surface area (TPSA) is 77.8 Å². The van der Waals surface area contributed by atoms with Crippen molar-refractivity contribution in [2.24, 2.45) is 11.7 Å². The number of thiazole rings is 1. The highest BCUT2D eigenvalue weighted by Crippen LogP contribution is 2.25. The van der Waals surface area contributed by atoms with Gasteiger partial charge < -0.3 is 10.3 Å². The van der Waals surface area contributed by atoms with Crippen molar-refractivity contribution in [3.05, 3.63) is 17.0 Å². The molecule has 0 aromatic carbocycles. The molecular formula is C10H14N4OS. The van der Waals surface area contributed by atoms with Gasteiger partial charge in [0.05, 0.1) is 17.2 Å². The Morgan fingerprint density at radius 1 is 1.44 bits per heavy atom. The highest BCUT2D eigenvalue weighted by atomic mass is 32.1. The minimum atomic E-state index is -0.188. The highest BCUT2D eigenvalue weighted by molar-refractivity contribution is 7.14. The second kappa shape index (κ2) is 4.31. The molecule has 0 aliphatic carbocycles. The van der Waals surface area contributed by atoms with E-state index in [1.165, 1.54) is 11.3 Å². The van der Waals surface area contributed by atoms with E-state index in [-0.39, 0.29) is 12.0 Å². The Bertz CT molecular complexity index is 477. The van der Waals surface area contributed by atoms with E-state index in [2.05, 4.69) is 15.1 Å². The van der Waals surface area contributed by atoms with Crippen LogP contribution in [0.1, 0.15) is 30.7 Å². The molecule has 6 heteroatoms. The molecule has 0 fully saturated rings. The van der Waals surface area contributed by atoms with Gasteiger partial charge >= 0.3 is 0 Å². The summed E-state index contributed by atoms with van der Waals surface area (Å²) >= 11 is 1.53. The van der Waals surface area contributed by atoms with Gasteiger partial charge in [0.2, 0.25) is 0 Å². The lowest BCUT2D eigenvalue weighted by Gasteiger charge is -2.09. The molecule has 16 heavy (non-hydrogen) atoms. The predicted molar refractivity (Wildman–Crippen MR) is 61.9 cm³/mol. The molecule has 2 aromatic rings. The van der Waals surface area contributed by atoms with E-state index >= 15 is 0 Å². The minimum absolute atomic E-state index is 0.188. The fraction of sp³-hybridized carbons (Fsp3) is 0.500. The van der Waals surface area contributed by atoms with Gasteiger partial charge in [0.15, 0.2) is 5.82 Å². The third-order valence-corrected chi connectivity index (χ3v) is 3.19. The molecule has 0 radical (unpaired) electrons. The first kappa shape index (κ1) is 11.2. The fourth-order valence-electron chi connectivity index (χ4n) is 1.23. The SMILES string of the molecule is Cc1ncc(-c2nc(C(N)C(C)C)no2)s1. The summed E-state index contributed by atoms with van der Waals surface area (Å²) < 4.78 is 5.16. The zero-order chi connectivity index (χ0) is 11.7. The molecule has 1 atom stereocenters. The largest absolute Gasteiger partial charge is 0.333 e. The predicted octanol–water partition coefficient (Wildman–Crippen LogP) is 2.16. The van der Waals surface area contributed by atoms with E-state index in [9.17, 15) is 0 Å². The number of nitrogens with zero attached hydrogens (tertiary/aromatic N) is 3. The van der Waals surface area contributed by atoms with Gasteiger partial charge in [-0.05, 0) is 12.8 Å². The van der Waals surface area contributed by atoms with E-state index in [0.29, 0.717) is 11.7 Å². The minimum Gasteiger partial charge on any atom is -0.333 e. The van der Waals surface area contributed by atoms with Gasteiger partial charge in [-0.1, -0.05) is 19.0 Å². The van der Waals surface area contributed by atoms with Gasteiger partial charge in [0.25, 0.3) is 5.89 Å². The Labute approximate surface area is 97.7 Å². The Morgan fingerprint density at radius 2 is 2.19 bits per heavy atom. The summed E-state index contributed by atoms with van der Waals surface area (Å²) in [5.74, 6) is 1.33. The Hall–Kier alpha value is -1.27. The first-order valence-electron chi connectivity index (χ1n) is 5.10. The second-order valence-corrected chi connectivity index (χ2v) is 5.21. The summed E-state index contributed by atoms with van der Waals surface area (Å²) in [7, 11) is 0. The molecule has 0 bridgehead atoms. The van der Waals surface area contributed by atoms with Crippen molar-refractivity contribution in [1.29, 1.82) is 0 Å². The quantitative estimate of drug-likeness (QED) is 0.886. The van der Waals surface area contributed by atoms with Crippen molar-refractivity contribution in [1.82, 2.24) is 15.1 Å². The van der Waals surface area contributed by atoms with Crippen LogP contribution < -0.4 is 5.73 Å². The van der Waals surface area contributed by atoms with Crippen molar-refractivity contribution < 1.29 is 4.52 Å². The molecular weight excluding hydrogens is 224 g/mol. The third-order valence-electron chi connectivity index (χ3n) is 2.29. The molecule has 2 aromatic heterocycles. The average Bonchev–Trinajstić information content (AvgIpc) is 2.84. The van der Waals surface area contributed by atoms with Crippen LogP contribution in [0.2, 0.25) is 0 Å². The van der Waals surface area contributed by atoms with Crippen molar-refractivity contribution in [3.63, 3.8) is 0 Å². The molecule has 1 unspecified atom stereocenters. The second-order valence-electron chi connectivity index (χ2n) is 3.97. The van der Waals surface area contributed by atoms with Gasteiger partial charge in [-0.2, -0.15) is 4.98 Å². The van der Waals surface area contributed by atoms with Crippen LogP contribution >= 0.6 is 11.3 Å². The Kier molecular flexibility index (Phi) is 3.02. The van der Waals surface area contributed by atoms with Gasteiger partial charge in [0.1, 0.15) is 4.88 Å². The summed E-state index contributed by atoms with van der Waals surface area (Å²) in [4.78, 5) is 9.31. The number of rotatable bonds is 3. The Balaban J connectivity index is 2.26. The zero-order valence-corrected chi connectivity index (χ0v) is 10.3. The van der Waals surface area contributed by atoms with Gasteiger partial charge in [0, 0.05) is 0 Å².